The lowest BCUT2D eigenvalue weighted by atomic mass is 9.82. The van der Waals surface area contributed by atoms with Gasteiger partial charge in [0.25, 0.3) is 0 Å². The number of anilines is 1. The third kappa shape index (κ3) is 3.78. The second-order valence-electron chi connectivity index (χ2n) is 8.28. The fourth-order valence-electron chi connectivity index (χ4n) is 4.59. The molecule has 2 aliphatic rings. The SMILES string of the molecule is CN(c1cnc(-c2ccc(-c3nc(C#N)cs3)cc2O)nn1)[C@H]1C[C@@H]2CCC[C@@H](N2)[C@H]1F. The highest BCUT2D eigenvalue weighted by atomic mass is 32.1. The number of nitrogens with one attached hydrogen (secondary N) is 1. The highest BCUT2D eigenvalue weighted by Gasteiger charge is 2.42. The molecule has 2 bridgehead atoms. The van der Waals surface area contributed by atoms with Crippen LogP contribution in [0.25, 0.3) is 22.0 Å². The number of thiazole rings is 1. The monoisotopic (exact) mass is 451 g/mol. The lowest BCUT2D eigenvalue weighted by Gasteiger charge is -2.45. The molecule has 2 aliphatic heterocycles. The molecule has 1 aromatic carbocycles. The molecule has 10 heteroatoms. The number of nitriles is 1. The normalized spacial score (nSPS) is 24.7. The number of hydrogen-bond donors (Lipinski definition) is 2. The summed E-state index contributed by atoms with van der Waals surface area (Å²) in [6.45, 7) is 0. The molecule has 0 amide bonds. The summed E-state index contributed by atoms with van der Waals surface area (Å²) in [4.78, 5) is 10.4. The summed E-state index contributed by atoms with van der Waals surface area (Å²) in [5.41, 5.74) is 1.48. The summed E-state index contributed by atoms with van der Waals surface area (Å²) in [5, 5.41) is 33.6. The van der Waals surface area contributed by atoms with Crippen molar-refractivity contribution in [2.45, 2.75) is 50.0 Å². The van der Waals surface area contributed by atoms with Crippen LogP contribution in [-0.2, 0) is 0 Å². The van der Waals surface area contributed by atoms with Crippen LogP contribution in [0.5, 0.6) is 5.75 Å². The van der Waals surface area contributed by atoms with E-state index in [4.69, 9.17) is 5.26 Å². The molecule has 164 valence electrons. The fourth-order valence-corrected chi connectivity index (χ4v) is 5.33. The first-order valence-corrected chi connectivity index (χ1v) is 11.4. The maximum absolute atomic E-state index is 15.0. The minimum Gasteiger partial charge on any atom is -0.507 e. The van der Waals surface area contributed by atoms with Gasteiger partial charge in [0.2, 0.25) is 0 Å². The molecule has 0 radical (unpaired) electrons. The number of rotatable bonds is 4. The number of alkyl halides is 1. The number of benzene rings is 1. The Kier molecular flexibility index (Phi) is 5.45. The molecule has 8 nitrogen and oxygen atoms in total. The Labute approximate surface area is 188 Å². The van der Waals surface area contributed by atoms with Gasteiger partial charge in [-0.25, -0.2) is 14.4 Å². The van der Waals surface area contributed by atoms with E-state index in [0.717, 1.165) is 25.7 Å². The third-order valence-electron chi connectivity index (χ3n) is 6.31. The number of fused-ring (bicyclic) bond motifs is 2. The van der Waals surface area contributed by atoms with Crippen LogP contribution in [0.15, 0.2) is 29.8 Å². The summed E-state index contributed by atoms with van der Waals surface area (Å²) in [6, 6.07) is 7.03. The highest BCUT2D eigenvalue weighted by molar-refractivity contribution is 7.13. The van der Waals surface area contributed by atoms with Crippen molar-refractivity contribution in [3.05, 3.63) is 35.5 Å². The predicted octanol–water partition coefficient (Wildman–Crippen LogP) is 3.30. The Bertz CT molecular complexity index is 1160. The second-order valence-corrected chi connectivity index (χ2v) is 9.14. The zero-order chi connectivity index (χ0) is 22.2. The maximum Gasteiger partial charge on any atom is 0.185 e. The molecule has 2 aromatic heterocycles. The van der Waals surface area contributed by atoms with Crippen LogP contribution in [0.4, 0.5) is 10.2 Å². The van der Waals surface area contributed by atoms with Gasteiger partial charge in [0.05, 0.1) is 17.8 Å². The van der Waals surface area contributed by atoms with E-state index in [1.807, 2.05) is 18.0 Å². The van der Waals surface area contributed by atoms with Crippen molar-refractivity contribution in [2.75, 3.05) is 11.9 Å². The van der Waals surface area contributed by atoms with E-state index in [1.165, 1.54) is 11.3 Å². The summed E-state index contributed by atoms with van der Waals surface area (Å²) < 4.78 is 15.0. The van der Waals surface area contributed by atoms with Crippen LogP contribution in [0.3, 0.4) is 0 Å². The zero-order valence-corrected chi connectivity index (χ0v) is 18.3. The molecular formula is C22H22FN7OS. The van der Waals surface area contributed by atoms with E-state index >= 15 is 4.39 Å². The molecule has 5 rings (SSSR count). The number of aromatic hydroxyl groups is 1. The quantitative estimate of drug-likeness (QED) is 0.622. The Hall–Kier alpha value is -3.16. The molecule has 4 atom stereocenters. The first-order valence-electron chi connectivity index (χ1n) is 10.6. The molecule has 2 N–H and O–H groups in total. The van der Waals surface area contributed by atoms with Gasteiger partial charge in [-0.1, -0.05) is 12.5 Å². The van der Waals surface area contributed by atoms with Crippen LogP contribution in [0.2, 0.25) is 0 Å². The van der Waals surface area contributed by atoms with Gasteiger partial charge in [-0.3, -0.25) is 0 Å². The van der Waals surface area contributed by atoms with E-state index in [9.17, 15) is 5.11 Å². The number of nitrogens with zero attached hydrogens (tertiary/aromatic N) is 6. The second kappa shape index (κ2) is 8.41. The lowest BCUT2D eigenvalue weighted by molar-refractivity contribution is 0.107. The molecule has 2 saturated heterocycles. The van der Waals surface area contributed by atoms with Crippen LogP contribution < -0.4 is 10.2 Å². The number of phenolic OH excluding ortho intramolecular Hbond substituents is 1. The van der Waals surface area contributed by atoms with Crippen molar-refractivity contribution in [3.8, 4) is 33.8 Å². The van der Waals surface area contributed by atoms with Crippen LogP contribution in [0.1, 0.15) is 31.4 Å². The smallest absolute Gasteiger partial charge is 0.185 e. The first kappa shape index (κ1) is 20.7. The molecule has 3 aromatic rings. The standard InChI is InChI=1S/C22H22FN7OS/c1-30(17-8-13-3-2-4-16(26-13)20(17)23)19-10-25-21(29-28-19)15-6-5-12(7-18(15)31)22-27-14(9-24)11-32-22/h5-7,10-11,13,16-17,20,26,31H,2-4,8H2,1H3/t13-,16+,17-,20+/m0/s1. The Morgan fingerprint density at radius 2 is 2.19 bits per heavy atom. The first-order chi connectivity index (χ1) is 15.5. The molecule has 4 heterocycles. The van der Waals surface area contributed by atoms with Crippen molar-refractivity contribution in [1.82, 2.24) is 25.5 Å². The van der Waals surface area contributed by atoms with Crippen molar-refractivity contribution in [1.29, 1.82) is 5.26 Å². The van der Waals surface area contributed by atoms with Gasteiger partial charge in [-0.15, -0.1) is 21.5 Å². The van der Waals surface area contributed by atoms with Crippen LogP contribution >= 0.6 is 11.3 Å². The largest absolute Gasteiger partial charge is 0.507 e. The topological polar surface area (TPSA) is 111 Å². The Balaban J connectivity index is 1.35. The van der Waals surface area contributed by atoms with Gasteiger partial charge in [-0.05, 0) is 31.4 Å². The zero-order valence-electron chi connectivity index (χ0n) is 17.4. The van der Waals surface area contributed by atoms with Gasteiger partial charge in [0, 0.05) is 30.1 Å². The highest BCUT2D eigenvalue weighted by Crippen LogP contribution is 2.34. The van der Waals surface area contributed by atoms with Crippen molar-refractivity contribution < 1.29 is 9.50 Å². The van der Waals surface area contributed by atoms with Crippen molar-refractivity contribution in [2.24, 2.45) is 0 Å². The van der Waals surface area contributed by atoms with E-state index in [2.05, 4.69) is 25.5 Å². The summed E-state index contributed by atoms with van der Waals surface area (Å²) in [5.74, 6) is 0.778. The fraction of sp³-hybridized carbons (Fsp3) is 0.409. The molecular weight excluding hydrogens is 429 g/mol. The summed E-state index contributed by atoms with van der Waals surface area (Å²) in [7, 11) is 1.83. The third-order valence-corrected chi connectivity index (χ3v) is 7.20. The number of piperidine rings is 2. The summed E-state index contributed by atoms with van der Waals surface area (Å²) >= 11 is 1.33. The predicted molar refractivity (Wildman–Crippen MR) is 119 cm³/mol. The number of phenols is 1. The van der Waals surface area contributed by atoms with E-state index in [-0.39, 0.29) is 23.7 Å². The van der Waals surface area contributed by atoms with Gasteiger partial charge >= 0.3 is 0 Å². The van der Waals surface area contributed by atoms with E-state index in [1.54, 1.807) is 29.8 Å². The molecule has 32 heavy (non-hydrogen) atoms. The molecule has 0 saturated carbocycles. The Morgan fingerprint density at radius 3 is 2.91 bits per heavy atom. The van der Waals surface area contributed by atoms with Gasteiger partial charge in [0.15, 0.2) is 17.3 Å². The average Bonchev–Trinajstić information content (AvgIpc) is 3.31. The van der Waals surface area contributed by atoms with Crippen molar-refractivity contribution >= 4 is 17.2 Å². The van der Waals surface area contributed by atoms with E-state index in [0.29, 0.717) is 33.7 Å². The molecule has 0 unspecified atom stereocenters. The van der Waals surface area contributed by atoms with Gasteiger partial charge in [0.1, 0.15) is 23.0 Å². The lowest BCUT2D eigenvalue weighted by Crippen LogP contribution is -2.61. The number of aromatic nitrogens is 4. The van der Waals surface area contributed by atoms with Crippen molar-refractivity contribution in [3.63, 3.8) is 0 Å². The minimum atomic E-state index is -0.970. The Morgan fingerprint density at radius 1 is 1.31 bits per heavy atom. The van der Waals surface area contributed by atoms with Gasteiger partial charge in [-0.2, -0.15) is 5.26 Å². The van der Waals surface area contributed by atoms with Crippen LogP contribution in [0, 0.1) is 11.3 Å². The number of hydrogen-bond acceptors (Lipinski definition) is 9. The van der Waals surface area contributed by atoms with Gasteiger partial charge < -0.3 is 15.3 Å². The molecule has 0 aliphatic carbocycles. The number of halogens is 1. The van der Waals surface area contributed by atoms with Crippen LogP contribution in [-0.4, -0.2) is 56.6 Å². The van der Waals surface area contributed by atoms with E-state index < -0.39 is 6.17 Å². The molecule has 2 fully saturated rings. The minimum absolute atomic E-state index is 0.00545. The maximum atomic E-state index is 15.0. The average molecular weight is 452 g/mol. The molecule has 0 spiro atoms. The summed E-state index contributed by atoms with van der Waals surface area (Å²) in [6.07, 6.45) is 4.33.